The third-order valence-electron chi connectivity index (χ3n) is 3.65. The molecular formula is C17H24N4O3. The van der Waals surface area contributed by atoms with Gasteiger partial charge in [-0.2, -0.15) is 5.10 Å². The summed E-state index contributed by atoms with van der Waals surface area (Å²) in [7, 11) is 6.93. The van der Waals surface area contributed by atoms with Crippen LogP contribution in [-0.4, -0.2) is 48.4 Å². The summed E-state index contributed by atoms with van der Waals surface area (Å²) in [5.74, 6) is 1.13. The Hall–Kier alpha value is -2.54. The van der Waals surface area contributed by atoms with Crippen LogP contribution in [0, 0.1) is 6.92 Å². The largest absolute Gasteiger partial charge is 0.497 e. The summed E-state index contributed by atoms with van der Waals surface area (Å²) in [4.78, 5) is 14.2. The van der Waals surface area contributed by atoms with E-state index in [1.54, 1.807) is 37.1 Å². The second-order valence-electron chi connectivity index (χ2n) is 5.70. The quantitative estimate of drug-likeness (QED) is 0.837. The highest BCUT2D eigenvalue weighted by Crippen LogP contribution is 2.28. The van der Waals surface area contributed by atoms with Gasteiger partial charge in [0, 0.05) is 31.4 Å². The molecule has 0 aliphatic carbocycles. The van der Waals surface area contributed by atoms with Crippen LogP contribution >= 0.6 is 0 Å². The lowest BCUT2D eigenvalue weighted by Gasteiger charge is -2.17. The summed E-state index contributed by atoms with van der Waals surface area (Å²) in [6.45, 7) is 2.89. The number of rotatable bonds is 7. The van der Waals surface area contributed by atoms with Crippen LogP contribution in [0.25, 0.3) is 0 Å². The first-order chi connectivity index (χ1) is 11.4. The van der Waals surface area contributed by atoms with E-state index in [1.807, 2.05) is 32.1 Å². The van der Waals surface area contributed by atoms with Gasteiger partial charge in [-0.15, -0.1) is 0 Å². The Kier molecular flexibility index (Phi) is 5.81. The van der Waals surface area contributed by atoms with Crippen molar-refractivity contribution in [3.05, 3.63) is 35.7 Å². The molecule has 2 aromatic rings. The number of carbonyl (C=O) groups is 1. The maximum absolute atomic E-state index is 12.3. The number of likely N-dealkylation sites (N-methyl/N-ethyl adjacent to an activating group) is 1. The number of nitrogens with zero attached hydrogens (tertiary/aromatic N) is 3. The maximum Gasteiger partial charge on any atom is 0.238 e. The van der Waals surface area contributed by atoms with Crippen molar-refractivity contribution in [2.45, 2.75) is 13.5 Å². The predicted octanol–water partition coefficient (Wildman–Crippen LogP) is 1.82. The number of hydrogen-bond donors (Lipinski definition) is 1. The zero-order valence-electron chi connectivity index (χ0n) is 14.8. The fourth-order valence-electron chi connectivity index (χ4n) is 2.49. The number of carbonyl (C=O) groups excluding carboxylic acids is 1. The van der Waals surface area contributed by atoms with Gasteiger partial charge in [0.15, 0.2) is 0 Å². The minimum Gasteiger partial charge on any atom is -0.497 e. The van der Waals surface area contributed by atoms with Gasteiger partial charge in [0.1, 0.15) is 11.5 Å². The van der Waals surface area contributed by atoms with Crippen molar-refractivity contribution < 1.29 is 14.3 Å². The van der Waals surface area contributed by atoms with Gasteiger partial charge in [-0.1, -0.05) is 0 Å². The normalized spacial score (nSPS) is 10.8. The zero-order chi connectivity index (χ0) is 17.7. The fraction of sp³-hybridized carbons (Fsp3) is 0.412. The van der Waals surface area contributed by atoms with Crippen LogP contribution in [0.4, 0.5) is 5.69 Å². The number of nitrogens with one attached hydrogen (secondary N) is 1. The van der Waals surface area contributed by atoms with Crippen molar-refractivity contribution in [3.63, 3.8) is 0 Å². The van der Waals surface area contributed by atoms with Crippen LogP contribution in [0.3, 0.4) is 0 Å². The molecule has 0 fully saturated rings. The van der Waals surface area contributed by atoms with Gasteiger partial charge >= 0.3 is 0 Å². The number of anilines is 1. The molecule has 0 radical (unpaired) electrons. The van der Waals surface area contributed by atoms with E-state index in [2.05, 4.69) is 10.4 Å². The standard InChI is InChI=1S/C17H24N4O3/c1-12-13(10-21(3)19-12)9-20(2)11-17(22)18-15-7-6-14(23-4)8-16(15)24-5/h6-8,10H,9,11H2,1-5H3,(H,18,22). The van der Waals surface area contributed by atoms with Crippen LogP contribution in [0.5, 0.6) is 11.5 Å². The van der Waals surface area contributed by atoms with Crippen LogP contribution in [0.15, 0.2) is 24.4 Å². The Balaban J connectivity index is 1.96. The fourth-order valence-corrected chi connectivity index (χ4v) is 2.49. The van der Waals surface area contributed by atoms with E-state index in [0.717, 1.165) is 11.3 Å². The van der Waals surface area contributed by atoms with Crippen LogP contribution in [0.2, 0.25) is 0 Å². The van der Waals surface area contributed by atoms with Gasteiger partial charge in [-0.25, -0.2) is 0 Å². The molecule has 1 aromatic carbocycles. The average molecular weight is 332 g/mol. The molecule has 130 valence electrons. The Morgan fingerprint density at radius 3 is 2.67 bits per heavy atom. The minimum atomic E-state index is -0.109. The molecule has 0 aliphatic heterocycles. The van der Waals surface area contributed by atoms with Crippen LogP contribution < -0.4 is 14.8 Å². The molecule has 1 amide bonds. The van der Waals surface area contributed by atoms with Crippen molar-refractivity contribution >= 4 is 11.6 Å². The number of methoxy groups -OCH3 is 2. The number of aryl methyl sites for hydroxylation is 2. The second-order valence-corrected chi connectivity index (χ2v) is 5.70. The zero-order valence-corrected chi connectivity index (χ0v) is 14.8. The van der Waals surface area contributed by atoms with E-state index in [0.29, 0.717) is 23.7 Å². The van der Waals surface area contributed by atoms with E-state index in [4.69, 9.17) is 9.47 Å². The molecule has 0 spiro atoms. The first-order valence-electron chi connectivity index (χ1n) is 7.62. The van der Waals surface area contributed by atoms with Crippen LogP contribution in [0.1, 0.15) is 11.3 Å². The first-order valence-corrected chi connectivity index (χ1v) is 7.62. The Morgan fingerprint density at radius 2 is 2.08 bits per heavy atom. The van der Waals surface area contributed by atoms with Gasteiger partial charge < -0.3 is 14.8 Å². The average Bonchev–Trinajstić information content (AvgIpc) is 2.84. The third-order valence-corrected chi connectivity index (χ3v) is 3.65. The predicted molar refractivity (Wildman–Crippen MR) is 92.5 cm³/mol. The summed E-state index contributed by atoms with van der Waals surface area (Å²) in [6, 6.07) is 5.28. The summed E-state index contributed by atoms with van der Waals surface area (Å²) in [6.07, 6.45) is 1.97. The van der Waals surface area contributed by atoms with E-state index in [9.17, 15) is 4.79 Å². The molecule has 0 unspecified atom stereocenters. The number of benzene rings is 1. The van der Waals surface area contributed by atoms with E-state index in [-0.39, 0.29) is 12.5 Å². The highest BCUT2D eigenvalue weighted by molar-refractivity contribution is 5.93. The van der Waals surface area contributed by atoms with Gasteiger partial charge in [0.25, 0.3) is 0 Å². The molecule has 1 aromatic heterocycles. The van der Waals surface area contributed by atoms with Crippen molar-refractivity contribution in [1.29, 1.82) is 0 Å². The van der Waals surface area contributed by atoms with Crippen molar-refractivity contribution in [2.24, 2.45) is 7.05 Å². The van der Waals surface area contributed by atoms with Gasteiger partial charge in [0.05, 0.1) is 32.1 Å². The highest BCUT2D eigenvalue weighted by Gasteiger charge is 2.13. The van der Waals surface area contributed by atoms with E-state index >= 15 is 0 Å². The monoisotopic (exact) mass is 332 g/mol. The SMILES string of the molecule is COc1ccc(NC(=O)CN(C)Cc2cn(C)nc2C)c(OC)c1. The first kappa shape index (κ1) is 17.8. The number of hydrogen-bond acceptors (Lipinski definition) is 5. The molecule has 7 nitrogen and oxygen atoms in total. The second kappa shape index (κ2) is 7.83. The van der Waals surface area contributed by atoms with Crippen molar-refractivity contribution in [3.8, 4) is 11.5 Å². The topological polar surface area (TPSA) is 68.6 Å². The Labute approximate surface area is 142 Å². The van der Waals surface area contributed by atoms with Crippen LogP contribution in [-0.2, 0) is 18.4 Å². The van der Waals surface area contributed by atoms with Crippen molar-refractivity contribution in [2.75, 3.05) is 33.1 Å². The molecule has 1 N–H and O–H groups in total. The van der Waals surface area contributed by atoms with E-state index in [1.165, 1.54) is 0 Å². The molecule has 0 bridgehead atoms. The number of amides is 1. The summed E-state index contributed by atoms with van der Waals surface area (Å²) < 4.78 is 12.2. The van der Waals surface area contributed by atoms with E-state index < -0.39 is 0 Å². The third kappa shape index (κ3) is 4.48. The Bertz CT molecular complexity index is 712. The molecule has 0 saturated carbocycles. The molecule has 1 heterocycles. The van der Waals surface area contributed by atoms with Gasteiger partial charge in [0.2, 0.25) is 5.91 Å². The molecule has 0 atom stereocenters. The molecule has 2 rings (SSSR count). The summed E-state index contributed by atoms with van der Waals surface area (Å²) in [5, 5.41) is 7.18. The smallest absolute Gasteiger partial charge is 0.238 e. The number of ether oxygens (including phenoxy) is 2. The lowest BCUT2D eigenvalue weighted by atomic mass is 10.2. The maximum atomic E-state index is 12.3. The molecule has 0 aliphatic rings. The lowest BCUT2D eigenvalue weighted by molar-refractivity contribution is -0.117. The Morgan fingerprint density at radius 1 is 1.33 bits per heavy atom. The molecule has 7 heteroatoms. The molecule has 24 heavy (non-hydrogen) atoms. The lowest BCUT2D eigenvalue weighted by Crippen LogP contribution is -2.30. The van der Waals surface area contributed by atoms with Crippen molar-refractivity contribution in [1.82, 2.24) is 14.7 Å². The van der Waals surface area contributed by atoms with Gasteiger partial charge in [-0.3, -0.25) is 14.4 Å². The summed E-state index contributed by atoms with van der Waals surface area (Å²) >= 11 is 0. The van der Waals surface area contributed by atoms with Gasteiger partial charge in [-0.05, 0) is 26.1 Å². The number of aromatic nitrogens is 2. The molecule has 0 saturated heterocycles. The summed E-state index contributed by atoms with van der Waals surface area (Å²) in [5.41, 5.74) is 2.70. The highest BCUT2D eigenvalue weighted by atomic mass is 16.5. The minimum absolute atomic E-state index is 0.109. The molecular weight excluding hydrogens is 308 g/mol.